The van der Waals surface area contributed by atoms with Crippen molar-refractivity contribution < 1.29 is 8.83 Å². The van der Waals surface area contributed by atoms with E-state index in [0.29, 0.717) is 91.5 Å². The summed E-state index contributed by atoms with van der Waals surface area (Å²) in [5.41, 5.74) is 18.7. The van der Waals surface area contributed by atoms with Gasteiger partial charge in [0.05, 0.1) is 64.4 Å². The fourth-order valence-electron chi connectivity index (χ4n) is 14.9. The minimum absolute atomic E-state index is 0.516. The highest BCUT2D eigenvalue weighted by Crippen LogP contribution is 2.38. The summed E-state index contributed by atoms with van der Waals surface area (Å²) in [6, 6.07) is 63.9. The molecule has 20 heterocycles. The zero-order chi connectivity index (χ0) is 90.9. The largest absolute Gasteiger partial charge is 0.441 e. The molecule has 34 heteroatoms. The summed E-state index contributed by atoms with van der Waals surface area (Å²) in [4.78, 5) is 105. The third kappa shape index (κ3) is 18.5. The Morgan fingerprint density at radius 3 is 1.24 bits per heavy atom. The van der Waals surface area contributed by atoms with E-state index in [-0.39, 0.29) is 0 Å². The van der Waals surface area contributed by atoms with Crippen molar-refractivity contribution in [3.63, 3.8) is 0 Å². The summed E-state index contributed by atoms with van der Waals surface area (Å²) < 4.78 is 16.6. The molecule has 0 amide bonds. The first-order valence-corrected chi connectivity index (χ1v) is 43.3. The number of halogens is 1. The van der Waals surface area contributed by atoms with Gasteiger partial charge in [-0.15, -0.1) is 0 Å². The Morgan fingerprint density at radius 1 is 0.296 bits per heavy atom. The lowest BCUT2D eigenvalue weighted by Crippen LogP contribution is -2.01. The Morgan fingerprint density at radius 2 is 0.719 bits per heavy atom. The monoisotopic (exact) mass is 1800 g/mol. The highest BCUT2D eigenvalue weighted by Gasteiger charge is 2.20. The Hall–Kier alpha value is -18.6. The van der Waals surface area contributed by atoms with Gasteiger partial charge in [-0.25, -0.2) is 69.8 Å². The number of hydrogen-bond donors (Lipinski definition) is 6. The maximum absolute atomic E-state index is 6.46. The molecule has 0 saturated heterocycles. The first kappa shape index (κ1) is 83.3. The number of fused-ring (bicyclic) bond motifs is 10. The molecule has 6 N–H and O–H groups in total. The molecule has 135 heavy (non-hydrogen) atoms. The van der Waals surface area contributed by atoms with Crippen LogP contribution in [0.5, 0.6) is 0 Å². The minimum atomic E-state index is 0.516. The van der Waals surface area contributed by atoms with Gasteiger partial charge in [0.1, 0.15) is 40.1 Å². The predicted molar refractivity (Wildman–Crippen MR) is 526 cm³/mol. The van der Waals surface area contributed by atoms with Crippen molar-refractivity contribution in [1.29, 1.82) is 0 Å². The molecule has 32 nitrogen and oxygen atoms in total. The second-order valence-electron chi connectivity index (χ2n) is 30.3. The maximum Gasteiger partial charge on any atom is 0.192 e. The fraction of sp³-hybridized carbons (Fsp3) is 0.0297. The zero-order valence-corrected chi connectivity index (χ0v) is 73.1. The Kier molecular flexibility index (Phi) is 23.2. The molecular formula is C101H69ClN30O2S. The molecule has 0 aliphatic carbocycles. The number of oxazole rings is 2. The van der Waals surface area contributed by atoms with Crippen molar-refractivity contribution in [2.45, 2.75) is 20.8 Å². The van der Waals surface area contributed by atoms with Crippen LogP contribution in [-0.2, 0) is 0 Å². The SMILES string of the molecule is Cc1c(Nc2nc(-c3ccncc3)nc3ncccc23)ccc2[nH]ccc12.Cc1nc2cc(Cl)c(Nc3nc(-c4ccncc4)nc4ccncc34)cc2o1.Cc1nc2ccc(Nc3nc(-c4ccncc4)nc4ccncc34)cc2o1.c1cc(-c2nc(Nc3ccc4cnsc4c3)c3cnccc3n2)ccn1.c1cnc2ccc(Nc3nc(-c4ccncc4)nc4ncccc34)cc2c1. The van der Waals surface area contributed by atoms with E-state index < -0.39 is 0 Å². The third-order valence-electron chi connectivity index (χ3n) is 21.5. The van der Waals surface area contributed by atoms with Gasteiger partial charge in [-0.2, -0.15) is 4.37 Å². The molecule has 0 fully saturated rings. The van der Waals surface area contributed by atoms with Crippen LogP contribution in [0.1, 0.15) is 17.3 Å². The maximum atomic E-state index is 6.46. The van der Waals surface area contributed by atoms with Crippen LogP contribution in [0.15, 0.2) is 339 Å². The summed E-state index contributed by atoms with van der Waals surface area (Å²) in [6.45, 7) is 5.73. The lowest BCUT2D eigenvalue weighted by atomic mass is 10.1. The molecule has 0 unspecified atom stereocenters. The second-order valence-corrected chi connectivity index (χ2v) is 31.6. The van der Waals surface area contributed by atoms with Gasteiger partial charge >= 0.3 is 0 Å². The molecule has 0 bridgehead atoms. The van der Waals surface area contributed by atoms with Crippen LogP contribution >= 0.6 is 23.1 Å². The van der Waals surface area contributed by atoms with E-state index in [1.54, 1.807) is 131 Å². The fourth-order valence-corrected chi connectivity index (χ4v) is 15.8. The summed E-state index contributed by atoms with van der Waals surface area (Å²) in [6.07, 6.45) is 36.8. The summed E-state index contributed by atoms with van der Waals surface area (Å²) in [5, 5.41) is 25.1. The molecule has 0 aliphatic rings. The lowest BCUT2D eigenvalue weighted by molar-refractivity contribution is 0.560. The number of anilines is 10. The molecule has 0 saturated carbocycles. The van der Waals surface area contributed by atoms with E-state index in [1.807, 2.05) is 183 Å². The third-order valence-corrected chi connectivity index (χ3v) is 22.5. The normalized spacial score (nSPS) is 11.1. The van der Waals surface area contributed by atoms with Crippen LogP contribution in [0.3, 0.4) is 0 Å². The molecule has 0 atom stereocenters. The van der Waals surface area contributed by atoms with Gasteiger partial charge in [-0.1, -0.05) is 17.7 Å². The van der Waals surface area contributed by atoms with E-state index in [9.17, 15) is 0 Å². The number of rotatable bonds is 15. The van der Waals surface area contributed by atoms with Gasteiger partial charge in [-0.05, 0) is 206 Å². The van der Waals surface area contributed by atoms with Crippen LogP contribution < -0.4 is 26.6 Å². The molecule has 5 aromatic carbocycles. The van der Waals surface area contributed by atoms with E-state index in [2.05, 4.69) is 163 Å². The quantitative estimate of drug-likeness (QED) is 0.0555. The molecule has 25 aromatic rings. The number of nitrogens with one attached hydrogen (secondary N) is 6. The topological polar surface area (TPSA) is 412 Å². The zero-order valence-electron chi connectivity index (χ0n) is 71.5. The number of pyridine rings is 11. The molecule has 0 radical (unpaired) electrons. The van der Waals surface area contributed by atoms with Gasteiger partial charge < -0.3 is 40.4 Å². The molecule has 648 valence electrons. The smallest absolute Gasteiger partial charge is 0.192 e. The minimum Gasteiger partial charge on any atom is -0.441 e. The molecule has 0 spiro atoms. The summed E-state index contributed by atoms with van der Waals surface area (Å²) in [5.74, 6) is 7.73. The average Bonchev–Trinajstić information content (AvgIpc) is 1.80. The van der Waals surface area contributed by atoms with Crippen molar-refractivity contribution >= 4 is 190 Å². The second kappa shape index (κ2) is 37.6. The van der Waals surface area contributed by atoms with Crippen molar-refractivity contribution in [2.75, 3.05) is 26.6 Å². The molecule has 0 aliphatic heterocycles. The standard InChI is InChI=1S/C21H16N6.C21H14N6.C20H13ClN6O.C20H14N6O.C19H12N6S/c1-13-15-8-12-23-18(15)5-4-17(13)25-21-16-3-2-9-24-20(16)26-19(27-21)14-6-10-22-11-7-14;1-3-15-13-16(5-6-18(15)23-9-1)25-21-17-4-2-10-24-20(17)26-19(27-21)14-7-11-22-12-8-14;1-11-24-17-8-14(21)16(9-18(17)28-11)26-20-13-10-23-7-4-15(13)25-19(27-20)12-2-5-22-6-3-12;1-12-23-17-3-2-14(10-18(17)27-12)24-20-15-11-22-9-6-16(15)25-19(26-20)13-4-7-21-8-5-13;1-2-14(9-17-13(1)10-22-26-17)23-19-15-11-21-8-5-16(15)24-18(25-19)12-3-6-20-7-4-12/h2-12,23H,1H3,(H,24,25,26,27);1-13H,(H,24,25,26,27);2-10H,1H3,(H,25,26,27);2-11H,1H3,(H,24,25,26);1-11H,(H,23,24,25). The van der Waals surface area contributed by atoms with Gasteiger partial charge in [0.2, 0.25) is 0 Å². The van der Waals surface area contributed by atoms with Crippen molar-refractivity contribution in [3.05, 3.63) is 353 Å². The number of aromatic nitrogens is 25. The van der Waals surface area contributed by atoms with Gasteiger partial charge in [-0.3, -0.25) is 44.9 Å². The molecule has 20 aromatic heterocycles. The van der Waals surface area contributed by atoms with Crippen LogP contribution in [0.2, 0.25) is 5.02 Å². The Balaban J connectivity index is 0.000000101. The summed E-state index contributed by atoms with van der Waals surface area (Å²) >= 11 is 7.93. The molecule has 25 rings (SSSR count). The lowest BCUT2D eigenvalue weighted by Gasteiger charge is -2.13. The molecular weight excluding hydrogens is 1730 g/mol. The number of benzene rings is 5. The predicted octanol–water partition coefficient (Wildman–Crippen LogP) is 22.7. The highest BCUT2D eigenvalue weighted by molar-refractivity contribution is 7.13. The Labute approximate surface area is 774 Å². The van der Waals surface area contributed by atoms with E-state index in [1.165, 1.54) is 16.9 Å². The van der Waals surface area contributed by atoms with E-state index >= 15 is 0 Å². The van der Waals surface area contributed by atoms with E-state index in [0.717, 1.165) is 149 Å². The van der Waals surface area contributed by atoms with Gasteiger partial charge in [0.25, 0.3) is 0 Å². The number of aromatic amines is 1. The first-order valence-electron chi connectivity index (χ1n) is 42.1. The average molecular weight is 1800 g/mol. The van der Waals surface area contributed by atoms with Crippen LogP contribution in [-0.4, -0.2) is 124 Å². The number of nitrogens with zero attached hydrogens (tertiary/aromatic N) is 24. The van der Waals surface area contributed by atoms with Gasteiger partial charge in [0, 0.05) is 228 Å². The van der Waals surface area contributed by atoms with Crippen molar-refractivity contribution in [3.8, 4) is 56.9 Å². The Bertz CT molecular complexity index is 8650. The van der Waals surface area contributed by atoms with Crippen LogP contribution in [0.25, 0.3) is 166 Å². The van der Waals surface area contributed by atoms with E-state index in [4.69, 9.17) is 45.4 Å². The number of aryl methyl sites for hydroxylation is 3. The van der Waals surface area contributed by atoms with Crippen molar-refractivity contribution in [2.24, 2.45) is 0 Å². The van der Waals surface area contributed by atoms with Crippen molar-refractivity contribution in [1.82, 2.24) is 124 Å². The highest BCUT2D eigenvalue weighted by atomic mass is 35.5. The van der Waals surface area contributed by atoms with Crippen LogP contribution in [0, 0.1) is 20.8 Å². The van der Waals surface area contributed by atoms with Crippen LogP contribution in [0.4, 0.5) is 57.5 Å². The number of hydrogen-bond acceptors (Lipinski definition) is 32. The first-order chi connectivity index (χ1) is 66.5. The number of H-pyrrole nitrogens is 1. The van der Waals surface area contributed by atoms with Gasteiger partial charge in [0.15, 0.2) is 63.4 Å². The summed E-state index contributed by atoms with van der Waals surface area (Å²) in [7, 11) is 0.